The third-order valence-electron chi connectivity index (χ3n) is 3.15. The Balaban J connectivity index is 1.78. The Kier molecular flexibility index (Phi) is 5.26. The van der Waals surface area contributed by atoms with Gasteiger partial charge in [0.1, 0.15) is 11.6 Å². The molecule has 0 bridgehead atoms. The molecular weight excluding hydrogens is 266 g/mol. The Morgan fingerprint density at radius 3 is 2.57 bits per heavy atom. The molecule has 0 saturated heterocycles. The van der Waals surface area contributed by atoms with Gasteiger partial charge in [-0.2, -0.15) is 0 Å². The summed E-state index contributed by atoms with van der Waals surface area (Å²) in [5.74, 6) is 0.928. The van der Waals surface area contributed by atoms with Crippen molar-refractivity contribution in [2.75, 3.05) is 0 Å². The fraction of sp³-hybridized carbons (Fsp3) is 0.312. The van der Waals surface area contributed by atoms with E-state index in [2.05, 4.69) is 15.3 Å². The molecule has 0 aliphatic heterocycles. The standard InChI is InChI=1S/C16H19N3O2/c1-12(20)3-2-4-15(21)19-11-13-5-7-14(8-6-13)16-17-9-10-18-16/h5-10H,2-4,11H2,1H3,(H,17,18)(H,19,21). The summed E-state index contributed by atoms with van der Waals surface area (Å²) in [7, 11) is 0. The third-order valence-corrected chi connectivity index (χ3v) is 3.15. The van der Waals surface area contributed by atoms with E-state index >= 15 is 0 Å². The molecule has 1 amide bonds. The van der Waals surface area contributed by atoms with Crippen molar-refractivity contribution in [1.82, 2.24) is 15.3 Å². The summed E-state index contributed by atoms with van der Waals surface area (Å²) in [6.45, 7) is 2.04. The Morgan fingerprint density at radius 1 is 1.19 bits per heavy atom. The van der Waals surface area contributed by atoms with Gasteiger partial charge < -0.3 is 15.1 Å². The van der Waals surface area contributed by atoms with Gasteiger partial charge in [-0.05, 0) is 18.9 Å². The summed E-state index contributed by atoms with van der Waals surface area (Å²) >= 11 is 0. The Bertz CT molecular complexity index is 588. The lowest BCUT2D eigenvalue weighted by atomic mass is 10.1. The number of hydrogen-bond acceptors (Lipinski definition) is 3. The van der Waals surface area contributed by atoms with E-state index in [1.165, 1.54) is 0 Å². The number of ketones is 1. The minimum atomic E-state index is -0.0219. The van der Waals surface area contributed by atoms with Crippen LogP contribution >= 0.6 is 0 Å². The van der Waals surface area contributed by atoms with Crippen LogP contribution in [0.25, 0.3) is 11.4 Å². The van der Waals surface area contributed by atoms with Gasteiger partial charge in [0.2, 0.25) is 5.91 Å². The molecule has 5 heteroatoms. The lowest BCUT2D eigenvalue weighted by Crippen LogP contribution is -2.22. The number of rotatable bonds is 7. The molecule has 0 aliphatic carbocycles. The van der Waals surface area contributed by atoms with Gasteiger partial charge >= 0.3 is 0 Å². The zero-order valence-corrected chi connectivity index (χ0v) is 12.1. The number of imidazole rings is 1. The zero-order valence-electron chi connectivity index (χ0n) is 12.1. The number of benzene rings is 1. The summed E-state index contributed by atoms with van der Waals surface area (Å²) in [6.07, 6.45) is 4.96. The van der Waals surface area contributed by atoms with Crippen LogP contribution in [0.2, 0.25) is 0 Å². The van der Waals surface area contributed by atoms with Crippen molar-refractivity contribution in [3.05, 3.63) is 42.2 Å². The lowest BCUT2D eigenvalue weighted by molar-refractivity contribution is -0.121. The van der Waals surface area contributed by atoms with Crippen LogP contribution in [-0.2, 0) is 16.1 Å². The molecule has 2 N–H and O–H groups in total. The van der Waals surface area contributed by atoms with Gasteiger partial charge in [0.15, 0.2) is 0 Å². The number of aromatic amines is 1. The number of H-pyrrole nitrogens is 1. The minimum Gasteiger partial charge on any atom is -0.352 e. The molecule has 0 radical (unpaired) electrons. The largest absolute Gasteiger partial charge is 0.352 e. The second-order valence-electron chi connectivity index (χ2n) is 4.97. The number of amides is 1. The fourth-order valence-electron chi connectivity index (χ4n) is 1.99. The van der Waals surface area contributed by atoms with Crippen molar-refractivity contribution in [3.63, 3.8) is 0 Å². The topological polar surface area (TPSA) is 74.8 Å². The average molecular weight is 285 g/mol. The van der Waals surface area contributed by atoms with Crippen LogP contribution in [0.5, 0.6) is 0 Å². The van der Waals surface area contributed by atoms with Crippen LogP contribution < -0.4 is 5.32 Å². The third kappa shape index (κ3) is 4.87. The number of nitrogens with one attached hydrogen (secondary N) is 2. The predicted octanol–water partition coefficient (Wildman–Crippen LogP) is 2.45. The quantitative estimate of drug-likeness (QED) is 0.820. The van der Waals surface area contributed by atoms with Crippen molar-refractivity contribution in [1.29, 1.82) is 0 Å². The number of aromatic nitrogens is 2. The molecule has 110 valence electrons. The molecule has 1 heterocycles. The number of carbonyl (C=O) groups is 2. The van der Waals surface area contributed by atoms with Crippen molar-refractivity contribution in [2.24, 2.45) is 0 Å². The van der Waals surface area contributed by atoms with Crippen LogP contribution in [-0.4, -0.2) is 21.7 Å². The number of Topliss-reactive ketones (excluding diaryl/α,β-unsaturated/α-hetero) is 1. The monoisotopic (exact) mass is 285 g/mol. The van der Waals surface area contributed by atoms with Gasteiger partial charge in [-0.3, -0.25) is 4.79 Å². The molecular formula is C16H19N3O2. The molecule has 0 spiro atoms. The van der Waals surface area contributed by atoms with Crippen LogP contribution in [0.4, 0.5) is 0 Å². The van der Waals surface area contributed by atoms with Gasteiger partial charge in [-0.25, -0.2) is 4.98 Å². The smallest absolute Gasteiger partial charge is 0.220 e. The minimum absolute atomic E-state index is 0.0219. The first-order chi connectivity index (χ1) is 10.1. The molecule has 0 aliphatic rings. The Labute approximate surface area is 123 Å². The molecule has 1 aromatic carbocycles. The summed E-state index contributed by atoms with van der Waals surface area (Å²) in [4.78, 5) is 29.6. The molecule has 2 rings (SSSR count). The maximum absolute atomic E-state index is 11.6. The number of carbonyl (C=O) groups excluding carboxylic acids is 2. The van der Waals surface area contributed by atoms with Crippen molar-refractivity contribution >= 4 is 11.7 Å². The maximum atomic E-state index is 11.6. The fourth-order valence-corrected chi connectivity index (χ4v) is 1.99. The summed E-state index contributed by atoms with van der Waals surface area (Å²) in [6, 6.07) is 7.87. The van der Waals surface area contributed by atoms with Crippen molar-refractivity contribution in [3.8, 4) is 11.4 Å². The first-order valence-corrected chi connectivity index (χ1v) is 7.00. The van der Waals surface area contributed by atoms with Crippen LogP contribution in [0.1, 0.15) is 31.7 Å². The highest BCUT2D eigenvalue weighted by molar-refractivity contribution is 5.78. The molecule has 0 atom stereocenters. The summed E-state index contributed by atoms with van der Waals surface area (Å²) in [5, 5.41) is 2.85. The highest BCUT2D eigenvalue weighted by atomic mass is 16.1. The highest BCUT2D eigenvalue weighted by Crippen LogP contribution is 2.14. The lowest BCUT2D eigenvalue weighted by Gasteiger charge is -2.06. The first kappa shape index (κ1) is 15.0. The number of hydrogen-bond donors (Lipinski definition) is 2. The average Bonchev–Trinajstić information content (AvgIpc) is 2.99. The Morgan fingerprint density at radius 2 is 1.95 bits per heavy atom. The second-order valence-corrected chi connectivity index (χ2v) is 4.97. The van der Waals surface area contributed by atoms with Crippen molar-refractivity contribution < 1.29 is 9.59 Å². The van der Waals surface area contributed by atoms with E-state index in [0.29, 0.717) is 25.8 Å². The Hall–Kier alpha value is -2.43. The zero-order chi connectivity index (χ0) is 15.1. The van der Waals surface area contributed by atoms with Crippen LogP contribution in [0.3, 0.4) is 0 Å². The van der Waals surface area contributed by atoms with Crippen LogP contribution in [0.15, 0.2) is 36.7 Å². The summed E-state index contributed by atoms with van der Waals surface area (Å²) < 4.78 is 0. The normalized spacial score (nSPS) is 10.3. The molecule has 21 heavy (non-hydrogen) atoms. The molecule has 0 unspecified atom stereocenters. The summed E-state index contributed by atoms with van der Waals surface area (Å²) in [5.41, 5.74) is 2.04. The van der Waals surface area contributed by atoms with E-state index in [4.69, 9.17) is 0 Å². The van der Waals surface area contributed by atoms with Gasteiger partial charge in [0, 0.05) is 37.3 Å². The highest BCUT2D eigenvalue weighted by Gasteiger charge is 2.03. The van der Waals surface area contributed by atoms with Gasteiger partial charge in [0.05, 0.1) is 0 Å². The van der Waals surface area contributed by atoms with Crippen molar-refractivity contribution in [2.45, 2.75) is 32.7 Å². The van der Waals surface area contributed by atoms with E-state index < -0.39 is 0 Å². The van der Waals surface area contributed by atoms with Crippen LogP contribution in [0, 0.1) is 0 Å². The molecule has 2 aromatic rings. The van der Waals surface area contributed by atoms with E-state index in [9.17, 15) is 9.59 Å². The maximum Gasteiger partial charge on any atom is 0.220 e. The molecule has 5 nitrogen and oxygen atoms in total. The van der Waals surface area contributed by atoms with E-state index in [1.807, 2.05) is 24.3 Å². The van der Waals surface area contributed by atoms with E-state index in [0.717, 1.165) is 17.0 Å². The van der Waals surface area contributed by atoms with Gasteiger partial charge in [-0.15, -0.1) is 0 Å². The molecule has 0 saturated carbocycles. The number of nitrogens with zero attached hydrogens (tertiary/aromatic N) is 1. The van der Waals surface area contributed by atoms with Gasteiger partial charge in [-0.1, -0.05) is 24.3 Å². The SMILES string of the molecule is CC(=O)CCCC(=O)NCc1ccc(-c2ncc[nH]2)cc1. The van der Waals surface area contributed by atoms with E-state index in [1.54, 1.807) is 19.3 Å². The first-order valence-electron chi connectivity index (χ1n) is 7.00. The predicted molar refractivity (Wildman–Crippen MR) is 80.4 cm³/mol. The van der Waals surface area contributed by atoms with E-state index in [-0.39, 0.29) is 11.7 Å². The molecule has 1 aromatic heterocycles. The second kappa shape index (κ2) is 7.38. The molecule has 0 fully saturated rings. The van der Waals surface area contributed by atoms with Gasteiger partial charge in [0.25, 0.3) is 0 Å².